The molecule has 320 valence electrons. The third-order valence-electron chi connectivity index (χ3n) is 9.81. The fourth-order valence-electron chi connectivity index (χ4n) is 6.74. The zero-order valence-corrected chi connectivity index (χ0v) is 36.0. The number of aliphatic hydroxyl groups excluding tert-OH is 1. The molecule has 1 aromatic heterocycles. The SMILES string of the molecule is Cc1ncsc1-c1ccc([C@H](C)NC(=O)[C@@H]2C[C@@H](O)CN2C(=O)[C@@H](NC(=O)CCCc2cccc(NC(=O)[C@H](CCC(N)=O)NC(=O)OC(C)(C)C)c2)C(C)(C)C)cc1. The van der Waals surface area contributed by atoms with Gasteiger partial charge in [0.05, 0.1) is 28.2 Å². The van der Waals surface area contributed by atoms with E-state index in [0.29, 0.717) is 18.5 Å². The van der Waals surface area contributed by atoms with Gasteiger partial charge in [-0.05, 0) is 88.1 Å². The lowest BCUT2D eigenvalue weighted by atomic mass is 9.85. The summed E-state index contributed by atoms with van der Waals surface area (Å²) in [5.41, 5.74) is 9.73. The molecule has 2 aromatic carbocycles. The maximum atomic E-state index is 14.1. The predicted octanol–water partition coefficient (Wildman–Crippen LogP) is 4.91. The number of alkyl carbamates (subject to hydrolysis) is 1. The molecule has 59 heavy (non-hydrogen) atoms. The Morgan fingerprint density at radius 3 is 2.29 bits per heavy atom. The fraction of sp³-hybridized carbons (Fsp3) is 0.512. The number of anilines is 1. The molecule has 0 bridgehead atoms. The molecule has 15 nitrogen and oxygen atoms in total. The second kappa shape index (κ2) is 20.1. The lowest BCUT2D eigenvalue weighted by Crippen LogP contribution is -2.57. The van der Waals surface area contributed by atoms with Crippen molar-refractivity contribution in [3.8, 4) is 10.4 Å². The molecule has 1 aliphatic rings. The Morgan fingerprint density at radius 1 is 0.983 bits per heavy atom. The molecule has 0 aliphatic carbocycles. The first-order valence-electron chi connectivity index (χ1n) is 19.9. The van der Waals surface area contributed by atoms with Crippen LogP contribution >= 0.6 is 11.3 Å². The first-order valence-corrected chi connectivity index (χ1v) is 20.8. The zero-order chi connectivity index (χ0) is 43.7. The summed E-state index contributed by atoms with van der Waals surface area (Å²) >= 11 is 1.56. The third kappa shape index (κ3) is 13.9. The van der Waals surface area contributed by atoms with E-state index in [1.165, 1.54) is 4.90 Å². The molecular formula is C43H59N7O8S. The Hall–Kier alpha value is -5.35. The van der Waals surface area contributed by atoms with E-state index in [0.717, 1.165) is 27.3 Å². The highest BCUT2D eigenvalue weighted by Crippen LogP contribution is 2.30. The van der Waals surface area contributed by atoms with E-state index < -0.39 is 59.1 Å². The van der Waals surface area contributed by atoms with Crippen LogP contribution in [0.3, 0.4) is 0 Å². The summed E-state index contributed by atoms with van der Waals surface area (Å²) < 4.78 is 5.27. The number of hydrogen-bond donors (Lipinski definition) is 6. The summed E-state index contributed by atoms with van der Waals surface area (Å²) in [6, 6.07) is 11.6. The van der Waals surface area contributed by atoms with Crippen LogP contribution in [0.1, 0.15) is 103 Å². The van der Waals surface area contributed by atoms with Gasteiger partial charge in [-0.3, -0.25) is 24.0 Å². The van der Waals surface area contributed by atoms with Crippen molar-refractivity contribution in [2.24, 2.45) is 11.1 Å². The summed E-state index contributed by atoms with van der Waals surface area (Å²) in [6.45, 7) is 14.4. The van der Waals surface area contributed by atoms with Gasteiger partial charge in [-0.1, -0.05) is 57.2 Å². The molecule has 4 rings (SSSR count). The van der Waals surface area contributed by atoms with Crippen LogP contribution in [0.5, 0.6) is 0 Å². The molecule has 0 unspecified atom stereocenters. The van der Waals surface area contributed by atoms with Gasteiger partial charge < -0.3 is 41.7 Å². The molecule has 3 aromatic rings. The number of ether oxygens (including phenoxy) is 1. The second-order valence-corrected chi connectivity index (χ2v) is 18.0. The van der Waals surface area contributed by atoms with E-state index in [1.807, 2.05) is 65.0 Å². The molecule has 1 aliphatic heterocycles. The van der Waals surface area contributed by atoms with Gasteiger partial charge in [-0.2, -0.15) is 0 Å². The smallest absolute Gasteiger partial charge is 0.408 e. The monoisotopic (exact) mass is 833 g/mol. The largest absolute Gasteiger partial charge is 0.444 e. The number of primary amides is 1. The van der Waals surface area contributed by atoms with Gasteiger partial charge in [-0.25, -0.2) is 9.78 Å². The highest BCUT2D eigenvalue weighted by Gasteiger charge is 2.44. The molecule has 6 amide bonds. The number of thiazole rings is 1. The van der Waals surface area contributed by atoms with Crippen molar-refractivity contribution < 1.29 is 38.6 Å². The summed E-state index contributed by atoms with van der Waals surface area (Å²) in [4.78, 5) is 84.8. The number of β-amino-alcohol motifs (C(OH)–C–C–N with tert-alkyl or cyclic N) is 1. The van der Waals surface area contributed by atoms with Gasteiger partial charge >= 0.3 is 6.09 Å². The number of nitrogens with one attached hydrogen (secondary N) is 4. The van der Waals surface area contributed by atoms with Crippen LogP contribution in [0.15, 0.2) is 54.0 Å². The van der Waals surface area contributed by atoms with Crippen LogP contribution in [-0.2, 0) is 35.1 Å². The Bertz CT molecular complexity index is 1970. The summed E-state index contributed by atoms with van der Waals surface area (Å²) in [5, 5.41) is 21.8. The minimum atomic E-state index is -1.08. The molecule has 1 saturated heterocycles. The van der Waals surface area contributed by atoms with Gasteiger partial charge in [0.15, 0.2) is 0 Å². The average Bonchev–Trinajstić information content (AvgIpc) is 3.76. The van der Waals surface area contributed by atoms with Crippen molar-refractivity contribution in [2.45, 2.75) is 130 Å². The maximum Gasteiger partial charge on any atom is 0.408 e. The Labute approximate surface area is 350 Å². The van der Waals surface area contributed by atoms with Gasteiger partial charge in [-0.15, -0.1) is 11.3 Å². The molecule has 1 fully saturated rings. The lowest BCUT2D eigenvalue weighted by molar-refractivity contribution is -0.144. The first kappa shape index (κ1) is 46.3. The summed E-state index contributed by atoms with van der Waals surface area (Å²) in [5.74, 6) is -2.36. The average molecular weight is 834 g/mol. The third-order valence-corrected chi connectivity index (χ3v) is 10.8. The fourth-order valence-corrected chi connectivity index (χ4v) is 7.55. The van der Waals surface area contributed by atoms with Crippen molar-refractivity contribution in [3.63, 3.8) is 0 Å². The molecular weight excluding hydrogens is 775 g/mol. The highest BCUT2D eigenvalue weighted by molar-refractivity contribution is 7.13. The van der Waals surface area contributed by atoms with Crippen LogP contribution in [0, 0.1) is 12.3 Å². The summed E-state index contributed by atoms with van der Waals surface area (Å²) in [7, 11) is 0. The van der Waals surface area contributed by atoms with E-state index in [9.17, 15) is 33.9 Å². The van der Waals surface area contributed by atoms with Crippen molar-refractivity contribution in [2.75, 3.05) is 11.9 Å². The number of likely N-dealkylation sites (tertiary alicyclic amines) is 1. The molecule has 0 radical (unpaired) electrons. The molecule has 0 saturated carbocycles. The standard InChI is InChI=1S/C43H59N7O8S/c1-25(28-15-17-29(18-16-28)36-26(2)45-24-59-36)46-39(55)33-22-31(51)23-50(33)40(56)37(42(3,4)5)49-35(53)14-10-12-27-11-9-13-30(21-27)47-38(54)32(19-20-34(44)52)48-41(57)58-43(6,7)8/h9,11,13,15-18,21,24-25,31-33,37,51H,10,12,14,19-20,22-23H2,1-8H3,(H2,44,52)(H,46,55)(H,47,54)(H,48,57)(H,49,53)/t25-,31+,32-,33-,37+/m0/s1. The number of carbonyl (C=O) groups is 6. The second-order valence-electron chi connectivity index (χ2n) is 17.1. The summed E-state index contributed by atoms with van der Waals surface area (Å²) in [6.07, 6.45) is -0.793. The van der Waals surface area contributed by atoms with Crippen LogP contribution in [0.25, 0.3) is 10.4 Å². The number of nitrogens with zero attached hydrogens (tertiary/aromatic N) is 2. The molecule has 5 atom stereocenters. The van der Waals surface area contributed by atoms with E-state index in [1.54, 1.807) is 55.8 Å². The number of aryl methyl sites for hydroxylation is 2. The van der Waals surface area contributed by atoms with Crippen molar-refractivity contribution in [3.05, 3.63) is 70.9 Å². The maximum absolute atomic E-state index is 14.1. The van der Waals surface area contributed by atoms with Gasteiger partial charge in [0.1, 0.15) is 23.7 Å². The lowest BCUT2D eigenvalue weighted by Gasteiger charge is -2.35. The van der Waals surface area contributed by atoms with E-state index >= 15 is 0 Å². The van der Waals surface area contributed by atoms with E-state index in [-0.39, 0.29) is 50.1 Å². The van der Waals surface area contributed by atoms with Crippen LogP contribution in [-0.4, -0.2) is 87.0 Å². The van der Waals surface area contributed by atoms with Gasteiger partial charge in [0.25, 0.3) is 0 Å². The van der Waals surface area contributed by atoms with Gasteiger partial charge in [0, 0.05) is 31.5 Å². The normalized spacial score (nSPS) is 17.0. The first-order chi connectivity index (χ1) is 27.6. The molecule has 2 heterocycles. The Morgan fingerprint density at radius 2 is 1.68 bits per heavy atom. The van der Waals surface area contributed by atoms with Crippen LogP contribution in [0.2, 0.25) is 0 Å². The highest BCUT2D eigenvalue weighted by atomic mass is 32.1. The van der Waals surface area contributed by atoms with Crippen molar-refractivity contribution >= 4 is 52.7 Å². The number of aromatic nitrogens is 1. The van der Waals surface area contributed by atoms with Crippen LogP contribution < -0.4 is 27.0 Å². The van der Waals surface area contributed by atoms with E-state index in [4.69, 9.17) is 10.5 Å². The number of aliphatic hydroxyl groups is 1. The number of nitrogens with two attached hydrogens (primary N) is 1. The van der Waals surface area contributed by atoms with Crippen molar-refractivity contribution in [1.29, 1.82) is 0 Å². The minimum Gasteiger partial charge on any atom is -0.444 e. The topological polar surface area (TPSA) is 222 Å². The zero-order valence-electron chi connectivity index (χ0n) is 35.2. The van der Waals surface area contributed by atoms with Crippen molar-refractivity contribution in [1.82, 2.24) is 25.8 Å². The Kier molecular flexibility index (Phi) is 15.8. The van der Waals surface area contributed by atoms with Gasteiger partial charge in [0.2, 0.25) is 29.5 Å². The quantitative estimate of drug-likeness (QED) is 0.115. The Balaban J connectivity index is 1.33. The molecule has 0 spiro atoms. The minimum absolute atomic E-state index is 0.0251. The predicted molar refractivity (Wildman–Crippen MR) is 226 cm³/mol. The van der Waals surface area contributed by atoms with E-state index in [2.05, 4.69) is 26.3 Å². The number of amides is 6. The molecule has 7 N–H and O–H groups in total. The number of hydrogen-bond acceptors (Lipinski definition) is 10. The molecule has 16 heteroatoms. The number of rotatable bonds is 16. The number of carbonyl (C=O) groups excluding carboxylic acids is 6. The van der Waals surface area contributed by atoms with Crippen LogP contribution in [0.4, 0.5) is 10.5 Å². The number of benzene rings is 2.